The molecule has 0 aliphatic heterocycles. The van der Waals surface area contributed by atoms with Crippen molar-refractivity contribution in [3.05, 3.63) is 28.5 Å². The third-order valence-corrected chi connectivity index (χ3v) is 5.69. The number of nitrogens with one attached hydrogen (secondary N) is 1. The summed E-state index contributed by atoms with van der Waals surface area (Å²) in [4.78, 5) is -0.0216. The van der Waals surface area contributed by atoms with Crippen molar-refractivity contribution in [1.29, 1.82) is 0 Å². The summed E-state index contributed by atoms with van der Waals surface area (Å²) in [7, 11) is -3.76. The van der Waals surface area contributed by atoms with Gasteiger partial charge in [-0.1, -0.05) is 12.8 Å². The number of hydrogen-bond acceptors (Lipinski definition) is 3. The van der Waals surface area contributed by atoms with Gasteiger partial charge < -0.3 is 5.11 Å². The lowest BCUT2D eigenvalue weighted by atomic mass is 9.93. The maximum atomic E-state index is 13.0. The van der Waals surface area contributed by atoms with Crippen molar-refractivity contribution in [3.63, 3.8) is 0 Å². The second-order valence-corrected chi connectivity index (χ2v) is 7.19. The summed E-state index contributed by atoms with van der Waals surface area (Å²) >= 11 is 3.04. The van der Waals surface area contributed by atoms with Crippen LogP contribution >= 0.6 is 15.9 Å². The van der Waals surface area contributed by atoms with E-state index < -0.39 is 28.0 Å². The molecule has 19 heavy (non-hydrogen) atoms. The first-order chi connectivity index (χ1) is 8.90. The van der Waals surface area contributed by atoms with E-state index in [1.807, 2.05) is 0 Å². The Hall–Kier alpha value is -0.500. The van der Waals surface area contributed by atoms with Crippen LogP contribution in [0.25, 0.3) is 0 Å². The Morgan fingerprint density at radius 2 is 2.00 bits per heavy atom. The first-order valence-corrected chi connectivity index (χ1v) is 8.33. The minimum atomic E-state index is -3.76. The third-order valence-electron chi connectivity index (χ3n) is 3.22. The number of aliphatic hydroxyl groups excluding tert-OH is 1. The molecular formula is C12H15BrFNO3S. The van der Waals surface area contributed by atoms with E-state index in [9.17, 15) is 17.9 Å². The molecule has 2 atom stereocenters. The Kier molecular flexibility index (Phi) is 4.60. The molecule has 0 bridgehead atoms. The van der Waals surface area contributed by atoms with Crippen LogP contribution in [0.3, 0.4) is 0 Å². The number of halogens is 2. The number of aliphatic hydroxyl groups is 1. The standard InChI is InChI=1S/C12H15BrFNO3S/c13-9-7-8(14)5-6-12(9)19(17,18)15-10-3-1-2-4-11(10)16/h5-7,10-11,15-16H,1-4H2/t10-,11-/m1/s1. The van der Waals surface area contributed by atoms with E-state index in [0.717, 1.165) is 25.0 Å². The average molecular weight is 352 g/mol. The minimum Gasteiger partial charge on any atom is -0.391 e. The van der Waals surface area contributed by atoms with Crippen LogP contribution in [0.1, 0.15) is 25.7 Å². The lowest BCUT2D eigenvalue weighted by Crippen LogP contribution is -2.45. The molecule has 0 amide bonds. The van der Waals surface area contributed by atoms with Crippen LogP contribution in [-0.4, -0.2) is 25.7 Å². The maximum absolute atomic E-state index is 13.0. The summed E-state index contributed by atoms with van der Waals surface area (Å²) in [5.74, 6) is -0.511. The van der Waals surface area contributed by atoms with E-state index in [1.54, 1.807) is 0 Å². The smallest absolute Gasteiger partial charge is 0.242 e. The van der Waals surface area contributed by atoms with Gasteiger partial charge in [0, 0.05) is 10.5 Å². The van der Waals surface area contributed by atoms with E-state index in [1.165, 1.54) is 6.07 Å². The van der Waals surface area contributed by atoms with Crippen LogP contribution in [0, 0.1) is 5.82 Å². The molecule has 106 valence electrons. The molecule has 4 nitrogen and oxygen atoms in total. The second kappa shape index (κ2) is 5.87. The quantitative estimate of drug-likeness (QED) is 0.876. The average Bonchev–Trinajstić information content (AvgIpc) is 2.31. The van der Waals surface area contributed by atoms with Gasteiger partial charge in [0.05, 0.1) is 11.0 Å². The minimum absolute atomic E-state index is 0.0216. The fraction of sp³-hybridized carbons (Fsp3) is 0.500. The molecule has 1 saturated carbocycles. The molecule has 0 unspecified atom stereocenters. The van der Waals surface area contributed by atoms with Crippen molar-refractivity contribution >= 4 is 26.0 Å². The van der Waals surface area contributed by atoms with Gasteiger partial charge in [0.1, 0.15) is 5.82 Å². The summed E-state index contributed by atoms with van der Waals surface area (Å²) in [6.07, 6.45) is 2.33. The zero-order chi connectivity index (χ0) is 14.0. The summed E-state index contributed by atoms with van der Waals surface area (Å²) < 4.78 is 40.0. The zero-order valence-corrected chi connectivity index (χ0v) is 12.5. The van der Waals surface area contributed by atoms with Crippen LogP contribution < -0.4 is 4.72 Å². The third kappa shape index (κ3) is 3.53. The van der Waals surface area contributed by atoms with Gasteiger partial charge in [0.2, 0.25) is 10.0 Å². The predicted molar refractivity (Wildman–Crippen MR) is 72.7 cm³/mol. The highest BCUT2D eigenvalue weighted by Gasteiger charge is 2.29. The molecule has 0 heterocycles. The fourth-order valence-electron chi connectivity index (χ4n) is 2.20. The molecule has 2 N–H and O–H groups in total. The van der Waals surface area contributed by atoms with Gasteiger partial charge in [0.25, 0.3) is 0 Å². The molecule has 0 spiro atoms. The van der Waals surface area contributed by atoms with Gasteiger partial charge in [0.15, 0.2) is 0 Å². The maximum Gasteiger partial charge on any atom is 0.242 e. The van der Waals surface area contributed by atoms with Crippen LogP contribution in [0.4, 0.5) is 4.39 Å². The second-order valence-electron chi connectivity index (χ2n) is 4.65. The largest absolute Gasteiger partial charge is 0.391 e. The zero-order valence-electron chi connectivity index (χ0n) is 10.1. The van der Waals surface area contributed by atoms with Crippen molar-refractivity contribution in [2.45, 2.75) is 42.7 Å². The highest BCUT2D eigenvalue weighted by atomic mass is 79.9. The summed E-state index contributed by atoms with van der Waals surface area (Å²) in [6.45, 7) is 0. The number of benzene rings is 1. The number of rotatable bonds is 3. The Morgan fingerprint density at radius 3 is 2.63 bits per heavy atom. The molecule has 1 aliphatic carbocycles. The molecular weight excluding hydrogens is 337 g/mol. The van der Waals surface area contributed by atoms with Gasteiger partial charge in [-0.15, -0.1) is 0 Å². The highest BCUT2D eigenvalue weighted by molar-refractivity contribution is 9.10. The highest BCUT2D eigenvalue weighted by Crippen LogP contribution is 2.25. The molecule has 0 aromatic heterocycles. The lowest BCUT2D eigenvalue weighted by molar-refractivity contribution is 0.101. The predicted octanol–water partition coefficient (Wildman–Crippen LogP) is 2.17. The summed E-state index contributed by atoms with van der Waals surface area (Å²) in [5, 5.41) is 9.79. The van der Waals surface area contributed by atoms with Crippen molar-refractivity contribution in [1.82, 2.24) is 4.72 Å². The SMILES string of the molecule is O=S(=O)(N[C@@H]1CCCC[C@H]1O)c1ccc(F)cc1Br. The van der Waals surface area contributed by atoms with Gasteiger partial charge >= 0.3 is 0 Å². The molecule has 0 radical (unpaired) electrons. The van der Waals surface area contributed by atoms with Crippen LogP contribution in [0.2, 0.25) is 0 Å². The Labute approximate surface area is 120 Å². The fourth-order valence-corrected chi connectivity index (χ4v) is 4.56. The van der Waals surface area contributed by atoms with Crippen molar-refractivity contribution < 1.29 is 17.9 Å². The van der Waals surface area contributed by atoms with Gasteiger partial charge in [-0.05, 0) is 47.0 Å². The Morgan fingerprint density at radius 1 is 1.32 bits per heavy atom. The molecule has 7 heteroatoms. The monoisotopic (exact) mass is 351 g/mol. The summed E-state index contributed by atoms with van der Waals surface area (Å²) in [5.41, 5.74) is 0. The first-order valence-electron chi connectivity index (χ1n) is 6.05. The van der Waals surface area contributed by atoms with E-state index in [2.05, 4.69) is 20.7 Å². The molecule has 2 rings (SSSR count). The molecule has 1 aliphatic rings. The number of sulfonamides is 1. The van der Waals surface area contributed by atoms with Crippen molar-refractivity contribution in [2.75, 3.05) is 0 Å². The first kappa shape index (κ1) is 14.9. The molecule has 1 aromatic carbocycles. The molecule has 1 fully saturated rings. The molecule has 0 saturated heterocycles. The molecule has 1 aromatic rings. The van der Waals surface area contributed by atoms with E-state index in [4.69, 9.17) is 0 Å². The lowest BCUT2D eigenvalue weighted by Gasteiger charge is -2.28. The van der Waals surface area contributed by atoms with Gasteiger partial charge in [-0.25, -0.2) is 17.5 Å². The van der Waals surface area contributed by atoms with Crippen molar-refractivity contribution in [2.24, 2.45) is 0 Å². The van der Waals surface area contributed by atoms with Crippen molar-refractivity contribution in [3.8, 4) is 0 Å². The summed E-state index contributed by atoms with van der Waals surface area (Å²) in [6, 6.07) is 2.93. The Bertz CT molecular complexity index is 564. The van der Waals surface area contributed by atoms with Crippen LogP contribution in [-0.2, 0) is 10.0 Å². The van der Waals surface area contributed by atoms with E-state index in [-0.39, 0.29) is 9.37 Å². The van der Waals surface area contributed by atoms with Gasteiger partial charge in [-0.3, -0.25) is 0 Å². The van der Waals surface area contributed by atoms with Gasteiger partial charge in [-0.2, -0.15) is 0 Å². The Balaban J connectivity index is 2.22. The van der Waals surface area contributed by atoms with E-state index >= 15 is 0 Å². The normalized spacial score (nSPS) is 24.4. The van der Waals surface area contributed by atoms with Crippen LogP contribution in [0.15, 0.2) is 27.6 Å². The number of hydrogen-bond donors (Lipinski definition) is 2. The van der Waals surface area contributed by atoms with Crippen LogP contribution in [0.5, 0.6) is 0 Å². The van der Waals surface area contributed by atoms with E-state index in [0.29, 0.717) is 12.8 Å². The topological polar surface area (TPSA) is 66.4 Å².